The summed E-state index contributed by atoms with van der Waals surface area (Å²) in [6.45, 7) is 4.37. The van der Waals surface area contributed by atoms with Crippen LogP contribution in [-0.4, -0.2) is 13.7 Å². The van der Waals surface area contributed by atoms with Gasteiger partial charge in [-0.1, -0.05) is 22.9 Å². The summed E-state index contributed by atoms with van der Waals surface area (Å²) >= 11 is 0. The van der Waals surface area contributed by atoms with Gasteiger partial charge in [0.25, 0.3) is 0 Å². The number of nitrogens with one attached hydrogen (secondary N) is 1. The van der Waals surface area contributed by atoms with Gasteiger partial charge in [0.15, 0.2) is 11.5 Å². The molecular weight excluding hydrogens is 292 g/mol. The summed E-state index contributed by atoms with van der Waals surface area (Å²) in [4.78, 5) is 0. The SMILES string of the molecule is CCOc1cc(N=NNc2ccc(C)cc2)c(C#N)cc1OC. The molecule has 6 nitrogen and oxygen atoms in total. The van der Waals surface area contributed by atoms with E-state index in [1.807, 2.05) is 38.1 Å². The molecule has 0 heterocycles. The quantitative estimate of drug-likeness (QED) is 0.634. The Labute approximate surface area is 135 Å². The highest BCUT2D eigenvalue weighted by atomic mass is 16.5. The molecule has 0 spiro atoms. The average molecular weight is 310 g/mol. The summed E-state index contributed by atoms with van der Waals surface area (Å²) in [5, 5.41) is 17.2. The largest absolute Gasteiger partial charge is 0.493 e. The summed E-state index contributed by atoms with van der Waals surface area (Å²) in [6, 6.07) is 13.1. The van der Waals surface area contributed by atoms with E-state index in [1.165, 1.54) is 7.11 Å². The van der Waals surface area contributed by atoms with Crippen molar-refractivity contribution >= 4 is 11.4 Å². The van der Waals surface area contributed by atoms with Crippen molar-refractivity contribution < 1.29 is 9.47 Å². The number of nitrogens with zero attached hydrogens (tertiary/aromatic N) is 3. The van der Waals surface area contributed by atoms with Crippen molar-refractivity contribution in [2.45, 2.75) is 13.8 Å². The van der Waals surface area contributed by atoms with Crippen molar-refractivity contribution in [1.82, 2.24) is 0 Å². The van der Waals surface area contributed by atoms with Crippen LogP contribution in [0.5, 0.6) is 11.5 Å². The molecule has 0 fully saturated rings. The molecule has 0 bridgehead atoms. The van der Waals surface area contributed by atoms with Gasteiger partial charge < -0.3 is 9.47 Å². The Morgan fingerprint density at radius 3 is 2.52 bits per heavy atom. The van der Waals surface area contributed by atoms with Crippen LogP contribution in [0.2, 0.25) is 0 Å². The van der Waals surface area contributed by atoms with E-state index < -0.39 is 0 Å². The standard InChI is InChI=1S/C17H18N4O2/c1-4-23-17-10-15(13(11-18)9-16(17)22-3)20-21-19-14-7-5-12(2)6-8-14/h5-10H,4H2,1-3H3,(H,19,20). The molecule has 2 aromatic rings. The van der Waals surface area contributed by atoms with Crippen molar-refractivity contribution in [3.8, 4) is 17.6 Å². The van der Waals surface area contributed by atoms with Gasteiger partial charge in [-0.3, -0.25) is 5.43 Å². The van der Waals surface area contributed by atoms with E-state index in [9.17, 15) is 5.26 Å². The highest BCUT2D eigenvalue weighted by Gasteiger charge is 2.11. The van der Waals surface area contributed by atoms with E-state index >= 15 is 0 Å². The van der Waals surface area contributed by atoms with Crippen molar-refractivity contribution in [3.63, 3.8) is 0 Å². The normalized spacial score (nSPS) is 10.3. The highest BCUT2D eigenvalue weighted by Crippen LogP contribution is 2.34. The Hall–Kier alpha value is -3.07. The number of rotatable bonds is 6. The Balaban J connectivity index is 2.23. The number of hydrogen-bond acceptors (Lipinski definition) is 5. The van der Waals surface area contributed by atoms with Crippen molar-refractivity contribution in [3.05, 3.63) is 47.5 Å². The average Bonchev–Trinajstić information content (AvgIpc) is 2.57. The lowest BCUT2D eigenvalue weighted by molar-refractivity contribution is 0.311. The predicted octanol–water partition coefficient (Wildman–Crippen LogP) is 4.38. The maximum Gasteiger partial charge on any atom is 0.163 e. The maximum absolute atomic E-state index is 9.24. The van der Waals surface area contributed by atoms with Crippen LogP contribution in [0.1, 0.15) is 18.1 Å². The van der Waals surface area contributed by atoms with Gasteiger partial charge in [0.2, 0.25) is 0 Å². The third-order valence-electron chi connectivity index (χ3n) is 3.09. The highest BCUT2D eigenvalue weighted by molar-refractivity contribution is 5.61. The Morgan fingerprint density at radius 2 is 1.91 bits per heavy atom. The molecule has 6 heteroatoms. The van der Waals surface area contributed by atoms with E-state index in [4.69, 9.17) is 9.47 Å². The number of ether oxygens (including phenoxy) is 2. The molecule has 0 aliphatic heterocycles. The molecule has 2 rings (SSSR count). The Kier molecular flexibility index (Phi) is 5.53. The van der Waals surface area contributed by atoms with Gasteiger partial charge in [0.05, 0.1) is 25.0 Å². The molecule has 0 atom stereocenters. The van der Waals surface area contributed by atoms with Crippen LogP contribution in [0, 0.1) is 18.3 Å². The first-order valence-electron chi connectivity index (χ1n) is 7.16. The molecule has 23 heavy (non-hydrogen) atoms. The zero-order chi connectivity index (χ0) is 16.7. The minimum Gasteiger partial charge on any atom is -0.493 e. The smallest absolute Gasteiger partial charge is 0.163 e. The molecule has 0 saturated heterocycles. The summed E-state index contributed by atoms with van der Waals surface area (Å²) in [5.41, 5.74) is 5.58. The summed E-state index contributed by atoms with van der Waals surface area (Å²) in [6.07, 6.45) is 0. The Bertz CT molecular complexity index is 733. The second-order valence-corrected chi connectivity index (χ2v) is 4.74. The van der Waals surface area contributed by atoms with E-state index in [1.54, 1.807) is 12.1 Å². The molecule has 0 saturated carbocycles. The van der Waals surface area contributed by atoms with Crippen LogP contribution in [0.4, 0.5) is 11.4 Å². The summed E-state index contributed by atoms with van der Waals surface area (Å²) < 4.78 is 10.7. The zero-order valence-corrected chi connectivity index (χ0v) is 13.3. The molecule has 0 amide bonds. The van der Waals surface area contributed by atoms with Crippen LogP contribution in [-0.2, 0) is 0 Å². The lowest BCUT2D eigenvalue weighted by Gasteiger charge is -2.10. The fourth-order valence-electron chi connectivity index (χ4n) is 1.91. The topological polar surface area (TPSA) is 79.0 Å². The van der Waals surface area contributed by atoms with Gasteiger partial charge in [-0.25, -0.2) is 0 Å². The number of hydrogen-bond donors (Lipinski definition) is 1. The fourth-order valence-corrected chi connectivity index (χ4v) is 1.91. The maximum atomic E-state index is 9.24. The van der Waals surface area contributed by atoms with Gasteiger partial charge in [0, 0.05) is 12.1 Å². The van der Waals surface area contributed by atoms with Gasteiger partial charge in [-0.2, -0.15) is 5.26 Å². The lowest BCUT2D eigenvalue weighted by atomic mass is 10.2. The van der Waals surface area contributed by atoms with Crippen molar-refractivity contribution in [1.29, 1.82) is 5.26 Å². The first-order chi connectivity index (χ1) is 11.2. The third-order valence-corrected chi connectivity index (χ3v) is 3.09. The summed E-state index contributed by atoms with van der Waals surface area (Å²) in [5.74, 6) is 1.02. The summed E-state index contributed by atoms with van der Waals surface area (Å²) in [7, 11) is 1.53. The van der Waals surface area contributed by atoms with Gasteiger partial charge in [-0.15, -0.1) is 5.11 Å². The predicted molar refractivity (Wildman–Crippen MR) is 88.2 cm³/mol. The lowest BCUT2D eigenvalue weighted by Crippen LogP contribution is -1.96. The van der Waals surface area contributed by atoms with Gasteiger partial charge >= 0.3 is 0 Å². The molecule has 0 radical (unpaired) electrons. The fraction of sp³-hybridized carbons (Fsp3) is 0.235. The molecule has 0 aliphatic carbocycles. The number of methoxy groups -OCH3 is 1. The number of aryl methyl sites for hydroxylation is 1. The van der Waals surface area contributed by atoms with Crippen molar-refractivity contribution in [2.24, 2.45) is 10.3 Å². The van der Waals surface area contributed by atoms with Crippen molar-refractivity contribution in [2.75, 3.05) is 19.1 Å². The number of benzene rings is 2. The molecule has 1 N–H and O–H groups in total. The number of anilines is 1. The number of nitriles is 1. The zero-order valence-electron chi connectivity index (χ0n) is 13.3. The van der Waals surface area contributed by atoms with Gasteiger partial charge in [0.1, 0.15) is 11.8 Å². The Morgan fingerprint density at radius 1 is 1.17 bits per heavy atom. The minimum absolute atomic E-state index is 0.361. The van der Waals surface area contributed by atoms with E-state index in [-0.39, 0.29) is 0 Å². The minimum atomic E-state index is 0.361. The van der Waals surface area contributed by atoms with E-state index in [0.29, 0.717) is 29.4 Å². The third kappa shape index (κ3) is 4.20. The van der Waals surface area contributed by atoms with E-state index in [0.717, 1.165) is 11.3 Å². The molecule has 118 valence electrons. The van der Waals surface area contributed by atoms with Crippen LogP contribution in [0.15, 0.2) is 46.7 Å². The molecular formula is C17H18N4O2. The van der Waals surface area contributed by atoms with Gasteiger partial charge in [-0.05, 0) is 26.0 Å². The monoisotopic (exact) mass is 310 g/mol. The molecule has 0 aliphatic rings. The molecule has 0 unspecified atom stereocenters. The van der Waals surface area contributed by atoms with Crippen LogP contribution in [0.3, 0.4) is 0 Å². The van der Waals surface area contributed by atoms with E-state index in [2.05, 4.69) is 21.8 Å². The molecule has 0 aromatic heterocycles. The molecule has 2 aromatic carbocycles. The first-order valence-corrected chi connectivity index (χ1v) is 7.16. The van der Waals surface area contributed by atoms with Crippen LogP contribution in [0.25, 0.3) is 0 Å². The second kappa shape index (κ2) is 7.80. The first kappa shape index (κ1) is 16.3. The van der Waals surface area contributed by atoms with Crippen LogP contribution < -0.4 is 14.9 Å². The van der Waals surface area contributed by atoms with Crippen LogP contribution >= 0.6 is 0 Å². The second-order valence-electron chi connectivity index (χ2n) is 4.74.